The summed E-state index contributed by atoms with van der Waals surface area (Å²) >= 11 is 4.64. The summed E-state index contributed by atoms with van der Waals surface area (Å²) in [5.41, 5.74) is 0.464. The highest BCUT2D eigenvalue weighted by atomic mass is 32.1. The molecule has 0 bridgehead atoms. The Labute approximate surface area is 119 Å². The minimum absolute atomic E-state index is 0.338. The molecule has 0 atom stereocenters. The number of thiol groups is 1. The standard InChI is InChI=1S/C15H31NOS/c1-16(11-7-4-8-12-17)13-15(14-18)9-5-2-3-6-10-15/h17-18H,2-14H2,1H3. The Kier molecular flexibility index (Phi) is 8.36. The number of rotatable bonds is 8. The summed E-state index contributed by atoms with van der Waals surface area (Å²) in [7, 11) is 2.25. The Morgan fingerprint density at radius 1 is 1.06 bits per heavy atom. The Hall–Kier alpha value is 0.270. The van der Waals surface area contributed by atoms with Gasteiger partial charge in [-0.1, -0.05) is 25.7 Å². The predicted octanol–water partition coefficient (Wildman–Crippen LogP) is 3.35. The van der Waals surface area contributed by atoms with Gasteiger partial charge in [0.2, 0.25) is 0 Å². The number of aliphatic hydroxyl groups excluding tert-OH is 1. The van der Waals surface area contributed by atoms with Crippen molar-refractivity contribution in [3.05, 3.63) is 0 Å². The van der Waals surface area contributed by atoms with Crippen LogP contribution in [0.3, 0.4) is 0 Å². The van der Waals surface area contributed by atoms with Crippen LogP contribution in [0.5, 0.6) is 0 Å². The Balaban J connectivity index is 2.31. The van der Waals surface area contributed by atoms with E-state index < -0.39 is 0 Å². The lowest BCUT2D eigenvalue weighted by Gasteiger charge is -2.35. The second kappa shape index (κ2) is 9.22. The van der Waals surface area contributed by atoms with Gasteiger partial charge in [0, 0.05) is 13.2 Å². The van der Waals surface area contributed by atoms with Crippen LogP contribution in [0.2, 0.25) is 0 Å². The van der Waals surface area contributed by atoms with Gasteiger partial charge < -0.3 is 10.0 Å². The molecular formula is C15H31NOS. The molecule has 18 heavy (non-hydrogen) atoms. The van der Waals surface area contributed by atoms with Crippen molar-refractivity contribution in [2.45, 2.75) is 57.8 Å². The van der Waals surface area contributed by atoms with Crippen molar-refractivity contribution in [1.29, 1.82) is 0 Å². The van der Waals surface area contributed by atoms with Gasteiger partial charge in [-0.05, 0) is 56.9 Å². The smallest absolute Gasteiger partial charge is 0.0431 e. The van der Waals surface area contributed by atoms with Gasteiger partial charge in [-0.2, -0.15) is 12.6 Å². The van der Waals surface area contributed by atoms with Crippen LogP contribution in [0.4, 0.5) is 0 Å². The predicted molar refractivity (Wildman–Crippen MR) is 82.4 cm³/mol. The van der Waals surface area contributed by atoms with Crippen molar-refractivity contribution in [2.24, 2.45) is 5.41 Å². The number of aliphatic hydroxyl groups is 1. The zero-order chi connectivity index (χ0) is 13.3. The topological polar surface area (TPSA) is 23.5 Å². The molecule has 0 heterocycles. The molecule has 3 heteroatoms. The Bertz CT molecular complexity index is 203. The van der Waals surface area contributed by atoms with Gasteiger partial charge in [0.25, 0.3) is 0 Å². The van der Waals surface area contributed by atoms with E-state index in [1.54, 1.807) is 0 Å². The Morgan fingerprint density at radius 2 is 1.72 bits per heavy atom. The summed E-state index contributed by atoms with van der Waals surface area (Å²) in [5.74, 6) is 1.04. The maximum atomic E-state index is 8.78. The zero-order valence-electron chi connectivity index (χ0n) is 12.0. The summed E-state index contributed by atoms with van der Waals surface area (Å²) in [6.07, 6.45) is 11.6. The lowest BCUT2D eigenvalue weighted by atomic mass is 9.81. The van der Waals surface area contributed by atoms with Crippen molar-refractivity contribution in [3.63, 3.8) is 0 Å². The summed E-state index contributed by atoms with van der Waals surface area (Å²) in [6.45, 7) is 2.70. The van der Waals surface area contributed by atoms with Gasteiger partial charge in [0.1, 0.15) is 0 Å². The molecule has 0 aliphatic heterocycles. The third-order valence-electron chi connectivity index (χ3n) is 4.30. The third-order valence-corrected chi connectivity index (χ3v) is 4.97. The number of hydrogen-bond donors (Lipinski definition) is 2. The highest BCUT2D eigenvalue weighted by Gasteiger charge is 2.30. The summed E-state index contributed by atoms with van der Waals surface area (Å²) in [4.78, 5) is 2.49. The van der Waals surface area contributed by atoms with Crippen LogP contribution in [0.15, 0.2) is 0 Å². The summed E-state index contributed by atoms with van der Waals surface area (Å²) in [5, 5.41) is 8.78. The minimum atomic E-state index is 0.338. The van der Waals surface area contributed by atoms with E-state index in [9.17, 15) is 0 Å². The molecule has 1 rings (SSSR count). The SMILES string of the molecule is CN(CCCCCO)CC1(CS)CCCCCC1. The third kappa shape index (κ3) is 5.94. The fourth-order valence-electron chi connectivity index (χ4n) is 3.17. The van der Waals surface area contributed by atoms with E-state index in [0.29, 0.717) is 12.0 Å². The lowest BCUT2D eigenvalue weighted by molar-refractivity contribution is 0.172. The molecule has 2 nitrogen and oxygen atoms in total. The first-order valence-electron chi connectivity index (χ1n) is 7.63. The van der Waals surface area contributed by atoms with Crippen molar-refractivity contribution < 1.29 is 5.11 Å². The molecular weight excluding hydrogens is 242 g/mol. The molecule has 0 aromatic heterocycles. The second-order valence-corrected chi connectivity index (χ2v) is 6.41. The van der Waals surface area contributed by atoms with Gasteiger partial charge in [0.15, 0.2) is 0 Å². The molecule has 0 aromatic rings. The van der Waals surface area contributed by atoms with Gasteiger partial charge in [-0.15, -0.1) is 0 Å². The average molecular weight is 273 g/mol. The monoisotopic (exact) mass is 273 g/mol. The van der Waals surface area contributed by atoms with E-state index in [4.69, 9.17) is 5.11 Å². The molecule has 0 radical (unpaired) electrons. The molecule has 0 spiro atoms. The van der Waals surface area contributed by atoms with Crippen molar-refractivity contribution in [2.75, 3.05) is 32.5 Å². The molecule has 1 fully saturated rings. The van der Waals surface area contributed by atoms with Crippen LogP contribution in [0.25, 0.3) is 0 Å². The maximum Gasteiger partial charge on any atom is 0.0431 e. The maximum absolute atomic E-state index is 8.78. The normalized spacial score (nSPS) is 20.0. The molecule has 0 saturated heterocycles. The molecule has 1 aliphatic rings. The first kappa shape index (κ1) is 16.3. The molecule has 0 aromatic carbocycles. The van der Waals surface area contributed by atoms with Crippen molar-refractivity contribution >= 4 is 12.6 Å². The van der Waals surface area contributed by atoms with E-state index in [2.05, 4.69) is 24.6 Å². The molecule has 1 saturated carbocycles. The quantitative estimate of drug-likeness (QED) is 0.402. The number of unbranched alkanes of at least 4 members (excludes halogenated alkanes) is 2. The highest BCUT2D eigenvalue weighted by molar-refractivity contribution is 7.80. The Morgan fingerprint density at radius 3 is 2.28 bits per heavy atom. The van der Waals surface area contributed by atoms with Crippen LogP contribution >= 0.6 is 12.6 Å². The van der Waals surface area contributed by atoms with E-state index >= 15 is 0 Å². The first-order chi connectivity index (χ1) is 8.72. The van der Waals surface area contributed by atoms with Crippen molar-refractivity contribution in [1.82, 2.24) is 4.90 Å². The van der Waals surface area contributed by atoms with Gasteiger partial charge >= 0.3 is 0 Å². The van der Waals surface area contributed by atoms with E-state index in [-0.39, 0.29) is 0 Å². The van der Waals surface area contributed by atoms with E-state index in [1.807, 2.05) is 0 Å². The number of hydrogen-bond acceptors (Lipinski definition) is 3. The fourth-order valence-corrected chi connectivity index (χ4v) is 3.58. The first-order valence-corrected chi connectivity index (χ1v) is 8.26. The average Bonchev–Trinajstić information content (AvgIpc) is 2.61. The lowest BCUT2D eigenvalue weighted by Crippen LogP contribution is -2.37. The summed E-state index contributed by atoms with van der Waals surface area (Å²) < 4.78 is 0. The van der Waals surface area contributed by atoms with Gasteiger partial charge in [-0.3, -0.25) is 0 Å². The number of nitrogens with zero attached hydrogens (tertiary/aromatic N) is 1. The van der Waals surface area contributed by atoms with Crippen LogP contribution < -0.4 is 0 Å². The molecule has 108 valence electrons. The van der Waals surface area contributed by atoms with Crippen molar-refractivity contribution in [3.8, 4) is 0 Å². The van der Waals surface area contributed by atoms with Crippen LogP contribution in [0, 0.1) is 5.41 Å². The minimum Gasteiger partial charge on any atom is -0.396 e. The van der Waals surface area contributed by atoms with E-state index in [1.165, 1.54) is 51.5 Å². The molecule has 1 N–H and O–H groups in total. The zero-order valence-corrected chi connectivity index (χ0v) is 12.9. The second-order valence-electron chi connectivity index (χ2n) is 6.09. The van der Waals surface area contributed by atoms with E-state index in [0.717, 1.165) is 25.1 Å². The molecule has 0 amide bonds. The van der Waals surface area contributed by atoms with Gasteiger partial charge in [-0.25, -0.2) is 0 Å². The largest absolute Gasteiger partial charge is 0.396 e. The molecule has 1 aliphatic carbocycles. The van der Waals surface area contributed by atoms with Crippen LogP contribution in [-0.2, 0) is 0 Å². The highest BCUT2D eigenvalue weighted by Crippen LogP contribution is 2.36. The van der Waals surface area contributed by atoms with Crippen LogP contribution in [-0.4, -0.2) is 42.5 Å². The fraction of sp³-hybridized carbons (Fsp3) is 1.00. The summed E-state index contributed by atoms with van der Waals surface area (Å²) in [6, 6.07) is 0. The van der Waals surface area contributed by atoms with Gasteiger partial charge in [0.05, 0.1) is 0 Å². The van der Waals surface area contributed by atoms with Crippen LogP contribution in [0.1, 0.15) is 57.8 Å². The molecule has 0 unspecified atom stereocenters.